The van der Waals surface area contributed by atoms with Crippen LogP contribution >= 0.6 is 23.2 Å². The first-order valence-corrected chi connectivity index (χ1v) is 19.3. The van der Waals surface area contributed by atoms with Crippen molar-refractivity contribution in [3.8, 4) is 5.75 Å². The number of sulfonamides is 2. The van der Waals surface area contributed by atoms with Crippen molar-refractivity contribution in [3.05, 3.63) is 88.4 Å². The molecule has 290 valence electrons. The van der Waals surface area contributed by atoms with Crippen LogP contribution in [0.2, 0.25) is 10.0 Å². The number of alkyl halides is 6. The quantitative estimate of drug-likeness (QED) is 0.226. The van der Waals surface area contributed by atoms with E-state index in [1.165, 1.54) is 72.8 Å². The predicted octanol–water partition coefficient (Wildman–Crippen LogP) is 5.58. The number of hydrogen-bond acceptors (Lipinski definition) is 7. The maximum Gasteiger partial charge on any atom is 0.387 e. The summed E-state index contributed by atoms with van der Waals surface area (Å²) < 4.78 is 138. The van der Waals surface area contributed by atoms with Crippen molar-refractivity contribution < 1.29 is 57.5 Å². The van der Waals surface area contributed by atoms with Crippen LogP contribution in [0.5, 0.6) is 5.75 Å². The van der Waals surface area contributed by atoms with E-state index in [0.717, 1.165) is 0 Å². The van der Waals surface area contributed by atoms with Gasteiger partial charge in [0.25, 0.3) is 11.8 Å². The molecule has 21 heteroatoms. The number of nitrogens with one attached hydrogen (secondary N) is 3. The van der Waals surface area contributed by atoms with Crippen molar-refractivity contribution in [1.29, 1.82) is 0 Å². The number of carbonyl (C=O) groups excluding carboxylic acids is 2. The van der Waals surface area contributed by atoms with E-state index in [1.54, 1.807) is 0 Å². The Labute approximate surface area is 311 Å². The van der Waals surface area contributed by atoms with Gasteiger partial charge in [0.05, 0.1) is 9.79 Å². The third-order valence-electron chi connectivity index (χ3n) is 7.87. The zero-order chi connectivity index (χ0) is 39.2. The van der Waals surface area contributed by atoms with Gasteiger partial charge in [-0.15, -0.1) is 0 Å². The van der Waals surface area contributed by atoms with Gasteiger partial charge in [0, 0.05) is 55.4 Å². The summed E-state index contributed by atoms with van der Waals surface area (Å²) in [6.07, 6.45) is -3.01. The Bertz CT molecular complexity index is 1960. The maximum absolute atomic E-state index is 14.3. The van der Waals surface area contributed by atoms with Crippen LogP contribution in [0.1, 0.15) is 31.2 Å². The van der Waals surface area contributed by atoms with Gasteiger partial charge in [-0.1, -0.05) is 35.3 Å². The molecule has 3 aromatic carbocycles. The maximum atomic E-state index is 14.3. The summed E-state index contributed by atoms with van der Waals surface area (Å²) in [5, 5.41) is 5.20. The Morgan fingerprint density at radius 3 is 1.77 bits per heavy atom. The zero-order valence-electron chi connectivity index (χ0n) is 27.3. The molecule has 2 saturated heterocycles. The number of ether oxygens (including phenoxy) is 1. The molecule has 2 atom stereocenters. The Morgan fingerprint density at radius 1 is 0.755 bits per heavy atom. The molecule has 3 aromatic rings. The van der Waals surface area contributed by atoms with Crippen LogP contribution in [0.4, 0.5) is 26.3 Å². The molecule has 0 aliphatic carbocycles. The molecular weight excluding hydrogens is 801 g/mol. The molecule has 2 heterocycles. The zero-order valence-corrected chi connectivity index (χ0v) is 30.4. The van der Waals surface area contributed by atoms with Crippen molar-refractivity contribution >= 4 is 55.1 Å². The first-order valence-electron chi connectivity index (χ1n) is 15.6. The second-order valence-electron chi connectivity index (χ2n) is 11.9. The van der Waals surface area contributed by atoms with Crippen molar-refractivity contribution in [1.82, 2.24) is 19.7 Å². The predicted molar refractivity (Wildman–Crippen MR) is 181 cm³/mol. The molecule has 0 saturated carbocycles. The molecule has 0 radical (unpaired) electrons. The van der Waals surface area contributed by atoms with E-state index in [0.29, 0.717) is 9.33 Å². The van der Waals surface area contributed by atoms with Gasteiger partial charge in [-0.2, -0.15) is 17.8 Å². The summed E-state index contributed by atoms with van der Waals surface area (Å²) >= 11 is 11.5. The van der Waals surface area contributed by atoms with Gasteiger partial charge < -0.3 is 15.4 Å². The summed E-state index contributed by atoms with van der Waals surface area (Å²) in [5.74, 6) is -8.14. The average molecular weight is 834 g/mol. The molecule has 0 bridgehead atoms. The van der Waals surface area contributed by atoms with E-state index in [9.17, 15) is 52.8 Å². The first-order chi connectivity index (χ1) is 24.7. The average Bonchev–Trinajstić information content (AvgIpc) is 3.28. The number of carbonyl (C=O) groups is 2. The van der Waals surface area contributed by atoms with Gasteiger partial charge in [0.2, 0.25) is 31.9 Å². The smallest absolute Gasteiger partial charge is 0.387 e. The highest BCUT2D eigenvalue weighted by atomic mass is 35.5. The van der Waals surface area contributed by atoms with Crippen LogP contribution in [0, 0.1) is 0 Å². The summed E-state index contributed by atoms with van der Waals surface area (Å²) in [6, 6.07) is 12.1. The molecule has 11 nitrogen and oxygen atoms in total. The van der Waals surface area contributed by atoms with Gasteiger partial charge >= 0.3 is 6.61 Å². The normalized spacial score (nSPS) is 20.3. The Kier molecular flexibility index (Phi) is 13.7. The van der Waals surface area contributed by atoms with Crippen LogP contribution in [0.3, 0.4) is 0 Å². The summed E-state index contributed by atoms with van der Waals surface area (Å²) in [4.78, 5) is 23.9. The largest absolute Gasteiger partial charge is 0.435 e. The molecule has 0 spiro atoms. The molecule has 0 aromatic heterocycles. The molecule has 2 aliphatic heterocycles. The second kappa shape index (κ2) is 17.2. The Balaban J connectivity index is 0.000000258. The lowest BCUT2D eigenvalue weighted by Gasteiger charge is -2.30. The van der Waals surface area contributed by atoms with Crippen LogP contribution in [-0.4, -0.2) is 76.6 Å². The summed E-state index contributed by atoms with van der Waals surface area (Å²) in [7, 11) is -8.49. The fourth-order valence-electron chi connectivity index (χ4n) is 5.21. The van der Waals surface area contributed by atoms with Crippen LogP contribution in [-0.2, 0) is 36.2 Å². The van der Waals surface area contributed by atoms with Crippen molar-refractivity contribution in [2.24, 2.45) is 0 Å². The van der Waals surface area contributed by atoms with Gasteiger partial charge in [0.15, 0.2) is 0 Å². The standard InChI is InChI=1S/C20H19ClF4N2O4S.C12H13ClF2N2O3S/c21-14-3-7-16(8-4-14)32(29,30)27(17-11-20(24,25)9-10-26-18(17)28)12-13-1-5-15(6-2-13)31-19(22)23;13-8-1-3-9(4-2-8)21(19,20)17-10-7-12(14,15)5-6-16-11(10)18/h1-8,17,19H,9-12H2,(H,26,28);1-4,10,17H,5-7H2,(H,16,18)/t17-;10-/m11/s1. The van der Waals surface area contributed by atoms with Crippen LogP contribution in [0.15, 0.2) is 82.6 Å². The van der Waals surface area contributed by atoms with Gasteiger partial charge in [-0.25, -0.2) is 34.4 Å². The Hall–Kier alpha value is -3.62. The second-order valence-corrected chi connectivity index (χ2v) is 16.3. The van der Waals surface area contributed by atoms with E-state index < -0.39 is 94.6 Å². The number of amides is 2. The highest BCUT2D eigenvalue weighted by Gasteiger charge is 2.45. The van der Waals surface area contributed by atoms with Crippen molar-refractivity contribution in [2.75, 3.05) is 13.1 Å². The number of nitrogens with zero attached hydrogens (tertiary/aromatic N) is 1. The lowest BCUT2D eigenvalue weighted by molar-refractivity contribution is -0.126. The number of halogens is 8. The van der Waals surface area contributed by atoms with Crippen LogP contribution < -0.4 is 20.1 Å². The van der Waals surface area contributed by atoms with E-state index in [-0.39, 0.29) is 39.2 Å². The van der Waals surface area contributed by atoms with Gasteiger partial charge in [-0.3, -0.25) is 9.59 Å². The summed E-state index contributed by atoms with van der Waals surface area (Å²) in [6.45, 7) is -3.98. The molecule has 2 fully saturated rings. The van der Waals surface area contributed by atoms with Crippen molar-refractivity contribution in [2.45, 2.75) is 72.6 Å². The SMILES string of the molecule is O=C1NCCC(F)(F)C[C@H]1N(Cc1ccc(OC(F)F)cc1)S(=O)(=O)c1ccc(Cl)cc1.O=C1NCCC(F)(F)C[C@H]1NS(=O)(=O)c1ccc(Cl)cc1. The van der Waals surface area contributed by atoms with E-state index >= 15 is 0 Å². The van der Waals surface area contributed by atoms with Crippen LogP contribution in [0.25, 0.3) is 0 Å². The molecule has 0 unspecified atom stereocenters. The minimum Gasteiger partial charge on any atom is -0.435 e. The number of benzene rings is 3. The minimum atomic E-state index is -4.41. The molecule has 2 amide bonds. The highest BCUT2D eigenvalue weighted by molar-refractivity contribution is 7.89. The van der Waals surface area contributed by atoms with Gasteiger partial charge in [-0.05, 0) is 66.2 Å². The van der Waals surface area contributed by atoms with E-state index in [4.69, 9.17) is 23.2 Å². The lowest BCUT2D eigenvalue weighted by Crippen LogP contribution is -2.49. The van der Waals surface area contributed by atoms with E-state index in [2.05, 4.69) is 15.4 Å². The van der Waals surface area contributed by atoms with E-state index in [1.807, 2.05) is 4.72 Å². The minimum absolute atomic E-state index is 0.146. The molecular formula is C32H32Cl2F6N4O7S2. The molecule has 3 N–H and O–H groups in total. The molecule has 53 heavy (non-hydrogen) atoms. The summed E-state index contributed by atoms with van der Waals surface area (Å²) in [5.41, 5.74) is 0.282. The third kappa shape index (κ3) is 11.9. The lowest BCUT2D eigenvalue weighted by atomic mass is 10.1. The molecule has 5 rings (SSSR count). The van der Waals surface area contributed by atoms with Gasteiger partial charge in [0.1, 0.15) is 17.8 Å². The Morgan fingerprint density at radius 2 is 1.25 bits per heavy atom. The fraction of sp³-hybridized carbons (Fsp3) is 0.375. The topological polar surface area (TPSA) is 151 Å². The number of hydrogen-bond donors (Lipinski definition) is 3. The monoisotopic (exact) mass is 832 g/mol. The third-order valence-corrected chi connectivity index (χ3v) is 11.7. The van der Waals surface area contributed by atoms with Crippen molar-refractivity contribution in [3.63, 3.8) is 0 Å². The molecule has 2 aliphatic rings. The fourth-order valence-corrected chi connectivity index (χ4v) is 8.23. The highest BCUT2D eigenvalue weighted by Crippen LogP contribution is 2.33. The number of rotatable bonds is 10. The first kappa shape index (κ1) is 42.1.